The second-order valence-corrected chi connectivity index (χ2v) is 7.23. The van der Waals surface area contributed by atoms with Crippen molar-refractivity contribution in [2.75, 3.05) is 26.1 Å². The molecule has 0 bridgehead atoms. The van der Waals surface area contributed by atoms with Crippen molar-refractivity contribution in [2.24, 2.45) is 0 Å². The largest absolute Gasteiger partial charge is 0.497 e. The zero-order valence-electron chi connectivity index (χ0n) is 18.2. The Bertz CT molecular complexity index is 1360. The fourth-order valence-electron chi connectivity index (χ4n) is 3.97. The van der Waals surface area contributed by atoms with Crippen LogP contribution < -0.4 is 25.1 Å². The van der Waals surface area contributed by atoms with Crippen LogP contribution in [-0.2, 0) is 0 Å². The lowest BCUT2D eigenvalue weighted by molar-refractivity contribution is 0.340. The van der Waals surface area contributed by atoms with Gasteiger partial charge in [-0.2, -0.15) is 9.78 Å². The van der Waals surface area contributed by atoms with Gasteiger partial charge in [-0.1, -0.05) is 5.10 Å². The summed E-state index contributed by atoms with van der Waals surface area (Å²) in [5.41, 5.74) is 2.60. The van der Waals surface area contributed by atoms with Crippen LogP contribution in [0.5, 0.6) is 17.2 Å². The molecular weight excluding hydrogens is 426 g/mol. The van der Waals surface area contributed by atoms with E-state index in [1.807, 2.05) is 37.3 Å². The first kappa shape index (κ1) is 20.5. The van der Waals surface area contributed by atoms with Crippen LogP contribution in [0, 0.1) is 0 Å². The number of tetrazole rings is 1. The van der Waals surface area contributed by atoms with E-state index in [9.17, 15) is 4.79 Å². The molecule has 2 N–H and O–H groups in total. The molecule has 0 unspecified atom stereocenters. The van der Waals surface area contributed by atoms with Crippen molar-refractivity contribution in [3.05, 3.63) is 63.9 Å². The molecule has 11 nitrogen and oxygen atoms in total. The lowest BCUT2D eigenvalue weighted by Gasteiger charge is -2.29. The quantitative estimate of drug-likeness (QED) is 0.403. The normalized spacial score (nSPS) is 14.1. The predicted molar refractivity (Wildman–Crippen MR) is 119 cm³/mol. The maximum Gasteiger partial charge on any atom is 0.288 e. The Morgan fingerprint density at radius 3 is 2.58 bits per heavy atom. The van der Waals surface area contributed by atoms with Gasteiger partial charge < -0.3 is 19.5 Å². The molecule has 0 saturated carbocycles. The number of nitrogens with one attached hydrogen (secondary N) is 2. The first-order valence-electron chi connectivity index (χ1n) is 10.3. The van der Waals surface area contributed by atoms with Crippen molar-refractivity contribution in [3.63, 3.8) is 0 Å². The highest BCUT2D eigenvalue weighted by Gasteiger charge is 2.36. The smallest absolute Gasteiger partial charge is 0.288 e. The summed E-state index contributed by atoms with van der Waals surface area (Å²) in [7, 11) is 3.17. The Morgan fingerprint density at radius 2 is 1.85 bits per heavy atom. The minimum absolute atomic E-state index is 0.311. The van der Waals surface area contributed by atoms with Gasteiger partial charge in [0.25, 0.3) is 5.56 Å². The molecule has 0 saturated heterocycles. The summed E-state index contributed by atoms with van der Waals surface area (Å²) in [5.74, 6) is 2.28. The van der Waals surface area contributed by atoms with Gasteiger partial charge in [-0.15, -0.1) is 0 Å². The molecule has 2 aromatic carbocycles. The number of hydrogen-bond acceptors (Lipinski definition) is 9. The maximum absolute atomic E-state index is 12.8. The summed E-state index contributed by atoms with van der Waals surface area (Å²) in [4.78, 5) is 12.8. The number of H-pyrrole nitrogens is 1. The van der Waals surface area contributed by atoms with E-state index in [1.165, 1.54) is 0 Å². The van der Waals surface area contributed by atoms with E-state index in [-0.39, 0.29) is 5.56 Å². The first-order valence-corrected chi connectivity index (χ1v) is 10.3. The van der Waals surface area contributed by atoms with Gasteiger partial charge in [-0.25, -0.2) is 5.10 Å². The Morgan fingerprint density at radius 1 is 1.06 bits per heavy atom. The molecule has 0 fully saturated rings. The SMILES string of the molecule is CCOc1ccc(-c2n[nH]c(=O)c3c2[C@@H](c2cc(OC)ccc2OC)n2nnnc2N3)cc1. The molecular formula is C22H21N7O4. The topological polar surface area (TPSA) is 129 Å². The van der Waals surface area contributed by atoms with Crippen molar-refractivity contribution < 1.29 is 14.2 Å². The van der Waals surface area contributed by atoms with Crippen molar-refractivity contribution >= 4 is 11.6 Å². The summed E-state index contributed by atoms with van der Waals surface area (Å²) >= 11 is 0. The molecule has 0 radical (unpaired) electrons. The van der Waals surface area contributed by atoms with Crippen molar-refractivity contribution in [2.45, 2.75) is 13.0 Å². The summed E-state index contributed by atoms with van der Waals surface area (Å²) in [5, 5.41) is 22.0. The highest BCUT2D eigenvalue weighted by Crippen LogP contribution is 2.44. The van der Waals surface area contributed by atoms with Gasteiger partial charge in [-0.3, -0.25) is 4.79 Å². The molecule has 1 atom stereocenters. The van der Waals surface area contributed by atoms with Crippen LogP contribution in [0.1, 0.15) is 24.1 Å². The van der Waals surface area contributed by atoms with Crippen LogP contribution in [0.3, 0.4) is 0 Å². The van der Waals surface area contributed by atoms with Gasteiger partial charge in [0.05, 0.1) is 26.5 Å². The van der Waals surface area contributed by atoms with E-state index in [0.717, 1.165) is 11.3 Å². The highest BCUT2D eigenvalue weighted by atomic mass is 16.5. The molecule has 0 aliphatic carbocycles. The third-order valence-corrected chi connectivity index (χ3v) is 5.44. The molecule has 4 aromatic rings. The van der Waals surface area contributed by atoms with E-state index in [0.29, 0.717) is 46.6 Å². The zero-order valence-corrected chi connectivity index (χ0v) is 18.2. The van der Waals surface area contributed by atoms with E-state index in [4.69, 9.17) is 14.2 Å². The van der Waals surface area contributed by atoms with Crippen molar-refractivity contribution in [1.29, 1.82) is 0 Å². The van der Waals surface area contributed by atoms with Crippen LogP contribution in [0.15, 0.2) is 47.3 Å². The second-order valence-electron chi connectivity index (χ2n) is 7.23. The van der Waals surface area contributed by atoms with Crippen molar-refractivity contribution in [1.82, 2.24) is 30.4 Å². The molecule has 5 rings (SSSR count). The molecule has 1 aliphatic rings. The summed E-state index contributed by atoms with van der Waals surface area (Å²) in [6, 6.07) is 12.3. The van der Waals surface area contributed by atoms with Gasteiger partial charge in [0.1, 0.15) is 29.0 Å². The fourth-order valence-corrected chi connectivity index (χ4v) is 3.97. The molecule has 2 aromatic heterocycles. The summed E-state index contributed by atoms with van der Waals surface area (Å²) in [6.07, 6.45) is 0. The summed E-state index contributed by atoms with van der Waals surface area (Å²) < 4.78 is 18.2. The number of ether oxygens (including phenoxy) is 3. The number of aromatic nitrogens is 6. The predicted octanol–water partition coefficient (Wildman–Crippen LogP) is 2.53. The standard InChI is InChI=1S/C22H21N7O4/c1-4-33-13-7-5-12(6-8-13)18-17-19(21(30)25-24-18)23-22-26-27-28-29(22)20(17)15-11-14(31-2)9-10-16(15)32-3/h5-11,20H,4H2,1-3H3,(H,25,30)(H,23,26,28)/t20-/m1/s1. The monoisotopic (exact) mass is 447 g/mol. The molecule has 0 amide bonds. The summed E-state index contributed by atoms with van der Waals surface area (Å²) in [6.45, 7) is 2.49. The fraction of sp³-hybridized carbons (Fsp3) is 0.227. The number of rotatable bonds is 6. The Balaban J connectivity index is 1.77. The van der Waals surface area contributed by atoms with Gasteiger partial charge >= 0.3 is 0 Å². The Kier molecular flexibility index (Phi) is 5.13. The van der Waals surface area contributed by atoms with Gasteiger partial charge in [0, 0.05) is 16.7 Å². The van der Waals surface area contributed by atoms with Crippen LogP contribution in [0.2, 0.25) is 0 Å². The highest BCUT2D eigenvalue weighted by molar-refractivity contribution is 5.76. The number of aromatic amines is 1. The number of nitrogens with zero attached hydrogens (tertiary/aromatic N) is 5. The number of methoxy groups -OCH3 is 2. The third kappa shape index (κ3) is 3.43. The molecule has 11 heteroatoms. The minimum Gasteiger partial charge on any atom is -0.497 e. The Labute approximate surface area is 188 Å². The van der Waals surface area contributed by atoms with E-state index in [1.54, 1.807) is 31.0 Å². The van der Waals surface area contributed by atoms with Gasteiger partial charge in [0.15, 0.2) is 0 Å². The average Bonchev–Trinajstić information content (AvgIpc) is 3.32. The number of hydrogen-bond donors (Lipinski definition) is 2. The molecule has 168 valence electrons. The first-order chi connectivity index (χ1) is 16.1. The molecule has 0 spiro atoms. The van der Waals surface area contributed by atoms with Crippen LogP contribution in [0.25, 0.3) is 11.3 Å². The maximum atomic E-state index is 12.8. The van der Waals surface area contributed by atoms with Crippen LogP contribution in [0.4, 0.5) is 11.6 Å². The molecule has 1 aliphatic heterocycles. The minimum atomic E-state index is -0.604. The second kappa shape index (κ2) is 8.26. The van der Waals surface area contributed by atoms with Crippen molar-refractivity contribution in [3.8, 4) is 28.5 Å². The lowest BCUT2D eigenvalue weighted by atomic mass is 9.91. The van der Waals surface area contributed by atoms with Crippen LogP contribution >= 0.6 is 0 Å². The van der Waals surface area contributed by atoms with Crippen LogP contribution in [-0.4, -0.2) is 51.2 Å². The van der Waals surface area contributed by atoms with Gasteiger partial charge in [-0.05, 0) is 59.8 Å². The number of benzene rings is 2. The van der Waals surface area contributed by atoms with Gasteiger partial charge in [0.2, 0.25) is 5.95 Å². The lowest BCUT2D eigenvalue weighted by Crippen LogP contribution is -2.29. The molecule has 3 heterocycles. The van der Waals surface area contributed by atoms with E-state index >= 15 is 0 Å². The number of anilines is 2. The third-order valence-electron chi connectivity index (χ3n) is 5.44. The number of fused-ring (bicyclic) bond motifs is 2. The van der Waals surface area contributed by atoms with E-state index in [2.05, 4.69) is 31.0 Å². The zero-order chi connectivity index (χ0) is 22.9. The Hall–Kier alpha value is -4.41. The average molecular weight is 447 g/mol. The van der Waals surface area contributed by atoms with E-state index < -0.39 is 6.04 Å². The molecule has 33 heavy (non-hydrogen) atoms.